The normalized spacial score (nSPS) is 12.4. The van der Waals surface area contributed by atoms with Crippen molar-refractivity contribution in [3.63, 3.8) is 0 Å². The molecule has 9 heteroatoms. The number of nitrogens with zero attached hydrogens (tertiary/aromatic N) is 4. The van der Waals surface area contributed by atoms with Gasteiger partial charge in [0.2, 0.25) is 5.91 Å². The van der Waals surface area contributed by atoms with Crippen molar-refractivity contribution in [2.24, 2.45) is 0 Å². The Bertz CT molecular complexity index is 1870. The molecule has 1 heterocycles. The molecule has 1 atom stereocenters. The van der Waals surface area contributed by atoms with Gasteiger partial charge in [-0.05, 0) is 65.5 Å². The van der Waals surface area contributed by atoms with Gasteiger partial charge in [0.05, 0.1) is 16.5 Å². The molecule has 0 aliphatic rings. The number of para-hydroxylation sites is 1. The number of fused-ring (bicyclic) bond motifs is 1. The molecular formula is C39H41F3N4O2. The van der Waals surface area contributed by atoms with E-state index in [0.29, 0.717) is 48.3 Å². The maximum absolute atomic E-state index is 14.2. The van der Waals surface area contributed by atoms with Gasteiger partial charge in [0.1, 0.15) is 12.4 Å². The Morgan fingerprint density at radius 1 is 0.812 bits per heavy atom. The van der Waals surface area contributed by atoms with Gasteiger partial charge >= 0.3 is 6.18 Å². The van der Waals surface area contributed by atoms with Crippen molar-refractivity contribution in [1.82, 2.24) is 19.4 Å². The van der Waals surface area contributed by atoms with Gasteiger partial charge in [-0.15, -0.1) is 0 Å². The number of benzene rings is 4. The lowest BCUT2D eigenvalue weighted by Crippen LogP contribution is -2.40. The van der Waals surface area contributed by atoms with E-state index in [2.05, 4.69) is 42.8 Å². The van der Waals surface area contributed by atoms with Gasteiger partial charge in [-0.25, -0.2) is 0 Å². The SMILES string of the molecule is CCN(CC)CCN(Cc1ccc(-c2ccc(C(F)(F)F)cc2)cc1)C(=O)Cn1c(CC(C)c2ccccc2)nc(=O)c2ccccc21. The summed E-state index contributed by atoms with van der Waals surface area (Å²) in [4.78, 5) is 35.9. The number of amides is 1. The van der Waals surface area contributed by atoms with Crippen molar-refractivity contribution in [2.45, 2.75) is 52.4 Å². The number of likely N-dealkylation sites (N-methyl/N-ethyl adjacent to an activating group) is 1. The van der Waals surface area contributed by atoms with E-state index in [1.54, 1.807) is 12.1 Å². The Morgan fingerprint density at radius 2 is 1.42 bits per heavy atom. The summed E-state index contributed by atoms with van der Waals surface area (Å²) >= 11 is 0. The van der Waals surface area contributed by atoms with E-state index in [0.717, 1.165) is 41.9 Å². The Kier molecular flexibility index (Phi) is 11.1. The van der Waals surface area contributed by atoms with Crippen LogP contribution in [0.25, 0.3) is 22.0 Å². The zero-order valence-electron chi connectivity index (χ0n) is 27.6. The number of carbonyl (C=O) groups is 1. The number of hydrogen-bond donors (Lipinski definition) is 0. The predicted octanol–water partition coefficient (Wildman–Crippen LogP) is 7.80. The zero-order chi connectivity index (χ0) is 34.3. The summed E-state index contributed by atoms with van der Waals surface area (Å²) in [5.41, 5.74) is 3.17. The first kappa shape index (κ1) is 34.6. The number of rotatable bonds is 13. The molecule has 1 unspecified atom stereocenters. The molecule has 48 heavy (non-hydrogen) atoms. The largest absolute Gasteiger partial charge is 0.416 e. The van der Waals surface area contributed by atoms with Crippen LogP contribution in [-0.2, 0) is 30.5 Å². The van der Waals surface area contributed by atoms with Gasteiger partial charge in [-0.2, -0.15) is 18.2 Å². The summed E-state index contributed by atoms with van der Waals surface area (Å²) < 4.78 is 41.0. The molecule has 0 aliphatic heterocycles. The lowest BCUT2D eigenvalue weighted by atomic mass is 9.97. The van der Waals surface area contributed by atoms with Crippen LogP contribution in [0.5, 0.6) is 0 Å². The number of aromatic nitrogens is 2. The smallest absolute Gasteiger partial charge is 0.336 e. The van der Waals surface area contributed by atoms with Gasteiger partial charge in [-0.3, -0.25) is 9.59 Å². The highest BCUT2D eigenvalue weighted by Crippen LogP contribution is 2.31. The van der Waals surface area contributed by atoms with Crippen LogP contribution < -0.4 is 5.56 Å². The van der Waals surface area contributed by atoms with Crippen molar-refractivity contribution in [1.29, 1.82) is 0 Å². The third-order valence-corrected chi connectivity index (χ3v) is 8.92. The molecule has 250 valence electrons. The van der Waals surface area contributed by atoms with Crippen molar-refractivity contribution in [3.8, 4) is 11.1 Å². The standard InChI is InChI=1S/C39H41F3N4O2/c1-4-44(5-2)23-24-45(26-29-15-17-31(18-16-29)32-19-21-33(22-20-32)39(40,41)42)37(47)27-46-35-14-10-9-13-34(35)38(48)43-36(46)25-28(3)30-11-7-6-8-12-30/h6-22,28H,4-5,23-27H2,1-3H3. The predicted molar refractivity (Wildman–Crippen MR) is 185 cm³/mol. The lowest BCUT2D eigenvalue weighted by molar-refractivity contribution is -0.137. The number of hydrogen-bond acceptors (Lipinski definition) is 4. The maximum Gasteiger partial charge on any atom is 0.416 e. The van der Waals surface area contributed by atoms with Gasteiger partial charge in [0, 0.05) is 26.1 Å². The van der Waals surface area contributed by atoms with Crippen LogP contribution in [0.2, 0.25) is 0 Å². The summed E-state index contributed by atoms with van der Waals surface area (Å²) in [5, 5.41) is 0.468. The lowest BCUT2D eigenvalue weighted by Gasteiger charge is -2.28. The Balaban J connectivity index is 1.42. The van der Waals surface area contributed by atoms with Crippen LogP contribution in [0, 0.1) is 0 Å². The summed E-state index contributed by atoms with van der Waals surface area (Å²) in [6.45, 7) is 9.56. The van der Waals surface area contributed by atoms with Crippen LogP contribution in [0.15, 0.2) is 108 Å². The van der Waals surface area contributed by atoms with E-state index in [1.165, 1.54) is 12.1 Å². The molecule has 4 aromatic carbocycles. The van der Waals surface area contributed by atoms with E-state index in [4.69, 9.17) is 0 Å². The molecule has 0 saturated heterocycles. The molecule has 0 N–H and O–H groups in total. The van der Waals surface area contributed by atoms with E-state index in [9.17, 15) is 22.8 Å². The Hall–Kier alpha value is -4.76. The van der Waals surface area contributed by atoms with Crippen molar-refractivity contribution >= 4 is 16.8 Å². The minimum Gasteiger partial charge on any atom is -0.336 e. The minimum absolute atomic E-state index is 0.0204. The topological polar surface area (TPSA) is 58.4 Å². The molecule has 0 fully saturated rings. The molecule has 5 aromatic rings. The molecule has 0 spiro atoms. The second kappa shape index (κ2) is 15.4. The maximum atomic E-state index is 14.2. The van der Waals surface area contributed by atoms with Crippen LogP contribution in [-0.4, -0.2) is 51.4 Å². The fourth-order valence-corrected chi connectivity index (χ4v) is 5.98. The Labute approximate surface area is 279 Å². The number of carbonyl (C=O) groups excluding carboxylic acids is 1. The number of halogens is 3. The third kappa shape index (κ3) is 8.39. The molecule has 0 saturated carbocycles. The summed E-state index contributed by atoms with van der Waals surface area (Å²) in [6, 6.07) is 30.0. The molecule has 0 aliphatic carbocycles. The molecule has 6 nitrogen and oxygen atoms in total. The van der Waals surface area contributed by atoms with Gasteiger partial charge in [-0.1, -0.05) is 99.6 Å². The molecule has 0 bridgehead atoms. The Morgan fingerprint density at radius 3 is 2.04 bits per heavy atom. The quantitative estimate of drug-likeness (QED) is 0.130. The first-order chi connectivity index (χ1) is 23.1. The zero-order valence-corrected chi connectivity index (χ0v) is 27.6. The first-order valence-electron chi connectivity index (χ1n) is 16.4. The highest BCUT2D eigenvalue weighted by molar-refractivity contribution is 5.82. The van der Waals surface area contributed by atoms with Gasteiger partial charge in [0.15, 0.2) is 0 Å². The molecule has 5 rings (SSSR count). The minimum atomic E-state index is -4.39. The molecule has 1 amide bonds. The van der Waals surface area contributed by atoms with Crippen molar-refractivity contribution in [2.75, 3.05) is 26.2 Å². The van der Waals surface area contributed by atoms with E-state index in [1.807, 2.05) is 64.1 Å². The molecular weight excluding hydrogens is 613 g/mol. The second-order valence-corrected chi connectivity index (χ2v) is 12.1. The van der Waals surface area contributed by atoms with Gasteiger partial charge in [0.25, 0.3) is 5.56 Å². The summed E-state index contributed by atoms with van der Waals surface area (Å²) in [6.07, 6.45) is -3.90. The van der Waals surface area contributed by atoms with Crippen LogP contribution in [0.4, 0.5) is 13.2 Å². The monoisotopic (exact) mass is 654 g/mol. The third-order valence-electron chi connectivity index (χ3n) is 8.92. The first-order valence-corrected chi connectivity index (χ1v) is 16.4. The van der Waals surface area contributed by atoms with Crippen molar-refractivity contribution in [3.05, 3.63) is 136 Å². The molecule has 0 radical (unpaired) electrons. The highest BCUT2D eigenvalue weighted by atomic mass is 19.4. The second-order valence-electron chi connectivity index (χ2n) is 12.1. The average Bonchev–Trinajstić information content (AvgIpc) is 3.10. The van der Waals surface area contributed by atoms with Crippen LogP contribution in [0.1, 0.15) is 49.2 Å². The average molecular weight is 655 g/mol. The van der Waals surface area contributed by atoms with E-state index in [-0.39, 0.29) is 23.9 Å². The van der Waals surface area contributed by atoms with Crippen LogP contribution in [0.3, 0.4) is 0 Å². The van der Waals surface area contributed by atoms with E-state index < -0.39 is 11.7 Å². The number of alkyl halides is 3. The van der Waals surface area contributed by atoms with Crippen molar-refractivity contribution < 1.29 is 18.0 Å². The fraction of sp³-hybridized carbons (Fsp3) is 0.308. The van der Waals surface area contributed by atoms with Gasteiger partial charge < -0.3 is 14.4 Å². The fourth-order valence-electron chi connectivity index (χ4n) is 5.98. The summed E-state index contributed by atoms with van der Waals surface area (Å²) in [5.74, 6) is 0.536. The van der Waals surface area contributed by atoms with E-state index >= 15 is 0 Å². The highest BCUT2D eigenvalue weighted by Gasteiger charge is 2.30. The summed E-state index contributed by atoms with van der Waals surface area (Å²) in [7, 11) is 0. The molecule has 1 aromatic heterocycles. The van der Waals surface area contributed by atoms with Crippen LogP contribution >= 0.6 is 0 Å².